The maximum Gasteiger partial charge on any atom is 0.310 e. The van der Waals surface area contributed by atoms with Crippen LogP contribution in [0.4, 0.5) is 0 Å². The topological polar surface area (TPSA) is 77.8 Å². The molecule has 5 aliphatic carbocycles. The molecule has 0 aromatic rings. The zero-order chi connectivity index (χ0) is 24.2. The van der Waals surface area contributed by atoms with Gasteiger partial charge in [-0.25, -0.2) is 0 Å². The molecule has 33 heavy (non-hydrogen) atoms. The Morgan fingerprint density at radius 1 is 0.909 bits per heavy atom. The number of carboxylic acids is 1. The van der Waals surface area contributed by atoms with Crippen molar-refractivity contribution in [1.82, 2.24) is 0 Å². The number of carboxylic acid groups (broad SMARTS) is 1. The summed E-state index contributed by atoms with van der Waals surface area (Å²) in [6.45, 7) is 13.8. The van der Waals surface area contributed by atoms with Crippen LogP contribution < -0.4 is 0 Å². The molecule has 5 rings (SSSR count). The number of aliphatic carboxylic acids is 1. The summed E-state index contributed by atoms with van der Waals surface area (Å²) in [5, 5.41) is 32.4. The van der Waals surface area contributed by atoms with Gasteiger partial charge in [0.15, 0.2) is 0 Å². The van der Waals surface area contributed by atoms with Crippen molar-refractivity contribution in [1.29, 1.82) is 0 Å². The van der Waals surface area contributed by atoms with E-state index in [1.165, 1.54) is 5.57 Å². The fourth-order valence-electron chi connectivity index (χ4n) is 10.3. The quantitative estimate of drug-likeness (QED) is 0.424. The van der Waals surface area contributed by atoms with E-state index in [9.17, 15) is 20.1 Å². The van der Waals surface area contributed by atoms with Crippen LogP contribution in [0.2, 0.25) is 0 Å². The number of rotatable bonds is 1. The van der Waals surface area contributed by atoms with Gasteiger partial charge < -0.3 is 15.3 Å². The molecule has 0 aromatic carbocycles. The Bertz CT molecular complexity index is 888. The highest BCUT2D eigenvalue weighted by molar-refractivity contribution is 5.76. The maximum atomic E-state index is 12.7. The van der Waals surface area contributed by atoms with Crippen LogP contribution in [-0.4, -0.2) is 33.0 Å². The van der Waals surface area contributed by atoms with Crippen molar-refractivity contribution < 1.29 is 20.1 Å². The van der Waals surface area contributed by atoms with Gasteiger partial charge in [0.25, 0.3) is 0 Å². The number of aliphatic hydroxyl groups excluding tert-OH is 1. The van der Waals surface area contributed by atoms with Gasteiger partial charge in [-0.15, -0.1) is 0 Å². The van der Waals surface area contributed by atoms with Crippen molar-refractivity contribution in [2.24, 2.45) is 44.8 Å². The second-order valence-electron chi connectivity index (χ2n) is 14.5. The van der Waals surface area contributed by atoms with Gasteiger partial charge >= 0.3 is 5.97 Å². The lowest BCUT2D eigenvalue weighted by molar-refractivity contribution is -0.234. The van der Waals surface area contributed by atoms with Gasteiger partial charge in [0.1, 0.15) is 0 Å². The highest BCUT2D eigenvalue weighted by Gasteiger charge is 2.69. The summed E-state index contributed by atoms with van der Waals surface area (Å²) < 4.78 is 0. The predicted octanol–water partition coefficient (Wildman–Crippen LogP) is 5.96. The van der Waals surface area contributed by atoms with E-state index in [1.54, 1.807) is 0 Å². The average Bonchev–Trinajstić information content (AvgIpc) is 2.71. The molecule has 0 aliphatic heterocycles. The van der Waals surface area contributed by atoms with Gasteiger partial charge in [0.2, 0.25) is 0 Å². The summed E-state index contributed by atoms with van der Waals surface area (Å²) in [7, 11) is 0. The number of hydrogen-bond donors (Lipinski definition) is 3. The SMILES string of the molecule is CC1(C)CC[C@]2(C(=O)O)CC[C@]3(C)C(=CCC4[C@@]5(C)CC[C@H](O)[C@@](C)(O)[C@@H]5CC[C@]43C)[C@@H]2C1. The molecule has 5 aliphatic rings. The first-order valence-corrected chi connectivity index (χ1v) is 13.5. The predicted molar refractivity (Wildman–Crippen MR) is 130 cm³/mol. The third-order valence-corrected chi connectivity index (χ3v) is 12.7. The molecule has 9 atom stereocenters. The highest BCUT2D eigenvalue weighted by Crippen LogP contribution is 2.75. The standard InChI is InChI=1S/C29H46O4/c1-24(2)13-15-29(23(31)32)16-14-26(4)18(19(29)17-24)7-8-20-25(3)11-10-22(30)28(6,33)21(25)9-12-27(20,26)5/h7,19-22,30,33H,8-17H2,1-6H3,(H,31,32)/t19-,20?,21+,22-,25+,26+,27+,28-,29-/m0/s1. The first-order valence-electron chi connectivity index (χ1n) is 13.5. The van der Waals surface area contributed by atoms with E-state index in [0.29, 0.717) is 12.3 Å². The first-order chi connectivity index (χ1) is 15.1. The second kappa shape index (κ2) is 6.87. The van der Waals surface area contributed by atoms with E-state index in [-0.39, 0.29) is 33.5 Å². The molecule has 0 heterocycles. The van der Waals surface area contributed by atoms with Crippen LogP contribution in [0.1, 0.15) is 106 Å². The Hall–Kier alpha value is -0.870. The van der Waals surface area contributed by atoms with Crippen LogP contribution in [0.15, 0.2) is 11.6 Å². The fraction of sp³-hybridized carbons (Fsp3) is 0.897. The number of carbonyl (C=O) groups is 1. The van der Waals surface area contributed by atoms with Gasteiger partial charge in [-0.3, -0.25) is 4.79 Å². The number of aliphatic hydroxyl groups is 2. The summed E-state index contributed by atoms with van der Waals surface area (Å²) >= 11 is 0. The van der Waals surface area contributed by atoms with Gasteiger partial charge in [0, 0.05) is 0 Å². The average molecular weight is 459 g/mol. The minimum absolute atomic E-state index is 0.00283. The van der Waals surface area contributed by atoms with Crippen LogP contribution in [-0.2, 0) is 4.79 Å². The van der Waals surface area contributed by atoms with E-state index in [1.807, 2.05) is 6.92 Å². The van der Waals surface area contributed by atoms with Crippen LogP contribution in [0, 0.1) is 44.8 Å². The summed E-state index contributed by atoms with van der Waals surface area (Å²) in [5.41, 5.74) is 0.0976. The first kappa shape index (κ1) is 23.9. The number of fused-ring (bicyclic) bond motifs is 7. The smallest absolute Gasteiger partial charge is 0.310 e. The van der Waals surface area contributed by atoms with Crippen molar-refractivity contribution in [3.63, 3.8) is 0 Å². The zero-order valence-electron chi connectivity index (χ0n) is 21.7. The normalized spacial score (nSPS) is 55.3. The Morgan fingerprint density at radius 2 is 1.58 bits per heavy atom. The molecule has 1 unspecified atom stereocenters. The van der Waals surface area contributed by atoms with Crippen molar-refractivity contribution >= 4 is 5.97 Å². The number of hydrogen-bond acceptors (Lipinski definition) is 3. The lowest BCUT2D eigenvalue weighted by atomic mass is 9.34. The summed E-state index contributed by atoms with van der Waals surface area (Å²) in [4.78, 5) is 12.7. The van der Waals surface area contributed by atoms with Crippen molar-refractivity contribution in [2.75, 3.05) is 0 Å². The molecule has 0 amide bonds. The summed E-state index contributed by atoms with van der Waals surface area (Å²) in [5.74, 6) is 0.120. The van der Waals surface area contributed by atoms with Crippen LogP contribution in [0.5, 0.6) is 0 Å². The van der Waals surface area contributed by atoms with Crippen LogP contribution in [0.25, 0.3) is 0 Å². The molecular weight excluding hydrogens is 412 g/mol. The molecule has 4 saturated carbocycles. The minimum atomic E-state index is -1.03. The molecule has 0 radical (unpaired) electrons. The highest BCUT2D eigenvalue weighted by atomic mass is 16.4. The Labute approximate surface area is 200 Å². The summed E-state index contributed by atoms with van der Waals surface area (Å²) in [6, 6.07) is 0. The van der Waals surface area contributed by atoms with E-state index in [0.717, 1.165) is 57.8 Å². The number of allylic oxidation sites excluding steroid dienone is 2. The molecular formula is C29H46O4. The van der Waals surface area contributed by atoms with Gasteiger partial charge in [-0.1, -0.05) is 46.3 Å². The molecule has 0 spiro atoms. The second-order valence-corrected chi connectivity index (χ2v) is 14.5. The van der Waals surface area contributed by atoms with Gasteiger partial charge in [-0.2, -0.15) is 0 Å². The Morgan fingerprint density at radius 3 is 2.24 bits per heavy atom. The third-order valence-electron chi connectivity index (χ3n) is 12.7. The largest absolute Gasteiger partial charge is 0.481 e. The van der Waals surface area contributed by atoms with E-state index < -0.39 is 23.1 Å². The monoisotopic (exact) mass is 458 g/mol. The van der Waals surface area contributed by atoms with Crippen molar-refractivity contribution in [2.45, 2.75) is 117 Å². The minimum Gasteiger partial charge on any atom is -0.481 e. The molecule has 0 saturated heterocycles. The van der Waals surface area contributed by atoms with Gasteiger partial charge in [0.05, 0.1) is 17.1 Å². The molecule has 0 bridgehead atoms. The molecule has 3 N–H and O–H groups in total. The maximum absolute atomic E-state index is 12.7. The Kier molecular flexibility index (Phi) is 4.97. The lowest BCUT2D eigenvalue weighted by Crippen LogP contribution is -2.67. The van der Waals surface area contributed by atoms with E-state index >= 15 is 0 Å². The molecule has 4 nitrogen and oxygen atoms in total. The van der Waals surface area contributed by atoms with Crippen molar-refractivity contribution in [3.05, 3.63) is 11.6 Å². The Balaban J connectivity index is 1.60. The third kappa shape index (κ3) is 2.86. The summed E-state index contributed by atoms with van der Waals surface area (Å²) in [6.07, 6.45) is 10.9. The molecule has 4 heteroatoms. The van der Waals surface area contributed by atoms with Crippen molar-refractivity contribution in [3.8, 4) is 0 Å². The van der Waals surface area contributed by atoms with Crippen LogP contribution >= 0.6 is 0 Å². The fourth-order valence-corrected chi connectivity index (χ4v) is 10.3. The lowest BCUT2D eigenvalue weighted by Gasteiger charge is -2.70. The molecule has 4 fully saturated rings. The van der Waals surface area contributed by atoms with Gasteiger partial charge in [-0.05, 0) is 111 Å². The van der Waals surface area contributed by atoms with Crippen LogP contribution in [0.3, 0.4) is 0 Å². The zero-order valence-corrected chi connectivity index (χ0v) is 21.7. The molecule has 186 valence electrons. The van der Waals surface area contributed by atoms with E-state index in [4.69, 9.17) is 0 Å². The van der Waals surface area contributed by atoms with E-state index in [2.05, 4.69) is 40.7 Å². The molecule has 0 aromatic heterocycles.